The van der Waals surface area contributed by atoms with Crippen LogP contribution >= 0.6 is 22.9 Å². The van der Waals surface area contributed by atoms with Crippen LogP contribution in [0.2, 0.25) is 5.02 Å². The second kappa shape index (κ2) is 12.9. The summed E-state index contributed by atoms with van der Waals surface area (Å²) in [4.78, 5) is 36.5. The van der Waals surface area contributed by atoms with Gasteiger partial charge in [-0.2, -0.15) is 0 Å². The molecule has 0 unspecified atom stereocenters. The Morgan fingerprint density at radius 3 is 2.57 bits per heavy atom. The fourth-order valence-corrected chi connectivity index (χ4v) is 5.30. The van der Waals surface area contributed by atoms with Crippen LogP contribution in [0.15, 0.2) is 53.9 Å². The van der Waals surface area contributed by atoms with Crippen molar-refractivity contribution in [1.82, 2.24) is 14.8 Å². The van der Waals surface area contributed by atoms with Gasteiger partial charge in [0.25, 0.3) is 5.91 Å². The van der Waals surface area contributed by atoms with Gasteiger partial charge in [-0.05, 0) is 30.2 Å². The molecule has 0 bridgehead atoms. The molecule has 1 aromatic heterocycles. The summed E-state index contributed by atoms with van der Waals surface area (Å²) in [6.07, 6.45) is 0.819. The molecule has 3 amide bonds. The molecule has 0 radical (unpaired) electrons. The van der Waals surface area contributed by atoms with E-state index >= 15 is 0 Å². The van der Waals surface area contributed by atoms with Gasteiger partial charge in [0.1, 0.15) is 10.7 Å². The van der Waals surface area contributed by atoms with Gasteiger partial charge in [0.15, 0.2) is 0 Å². The number of carbonyl (C=O) groups is 2. The number of amides is 3. The normalized spacial score (nSPS) is 13.5. The molecule has 10 heteroatoms. The van der Waals surface area contributed by atoms with E-state index in [2.05, 4.69) is 22.1 Å². The van der Waals surface area contributed by atoms with E-state index in [0.717, 1.165) is 23.4 Å². The van der Waals surface area contributed by atoms with E-state index in [1.807, 2.05) is 53.4 Å². The Morgan fingerprint density at radius 2 is 1.84 bits per heavy atom. The van der Waals surface area contributed by atoms with Gasteiger partial charge in [-0.3, -0.25) is 4.79 Å². The Balaban J connectivity index is 1.37. The minimum atomic E-state index is -0.225. The maximum Gasteiger partial charge on any atom is 0.322 e. The first-order valence-electron chi connectivity index (χ1n) is 12.4. The van der Waals surface area contributed by atoms with Crippen LogP contribution in [0.3, 0.4) is 0 Å². The first-order chi connectivity index (χ1) is 18.0. The smallest absolute Gasteiger partial charge is 0.322 e. The lowest BCUT2D eigenvalue weighted by atomic mass is 10.1. The summed E-state index contributed by atoms with van der Waals surface area (Å²) in [6, 6.07) is 15.3. The molecule has 3 aromatic rings. The van der Waals surface area contributed by atoms with E-state index in [0.29, 0.717) is 61.6 Å². The third kappa shape index (κ3) is 6.80. The third-order valence-corrected chi connectivity index (χ3v) is 7.50. The number of carbonyl (C=O) groups excluding carboxylic acids is 2. The number of halogens is 1. The lowest BCUT2D eigenvalue weighted by Crippen LogP contribution is -2.49. The minimum Gasteiger partial charge on any atom is -0.383 e. The number of methoxy groups -OCH3 is 1. The third-order valence-electron chi connectivity index (χ3n) is 6.35. The molecular weight excluding hydrogens is 510 g/mol. The van der Waals surface area contributed by atoms with Gasteiger partial charge in [0.2, 0.25) is 0 Å². The van der Waals surface area contributed by atoms with E-state index < -0.39 is 0 Å². The monoisotopic (exact) mass is 541 g/mol. The average molecular weight is 542 g/mol. The number of aryl methyl sites for hydroxylation is 1. The number of nitrogens with one attached hydrogen (secondary N) is 1. The zero-order valence-electron chi connectivity index (χ0n) is 21.2. The van der Waals surface area contributed by atoms with Crippen molar-refractivity contribution < 1.29 is 14.3 Å². The molecule has 0 spiro atoms. The van der Waals surface area contributed by atoms with Crippen LogP contribution in [-0.2, 0) is 17.7 Å². The fourth-order valence-electron chi connectivity index (χ4n) is 4.26. The summed E-state index contributed by atoms with van der Waals surface area (Å²) in [5.74, 6) is -0.0916. The lowest BCUT2D eigenvalue weighted by molar-refractivity contribution is 0.0741. The maximum absolute atomic E-state index is 13.1. The summed E-state index contributed by atoms with van der Waals surface area (Å²) >= 11 is 7.73. The topological polar surface area (TPSA) is 78.0 Å². The zero-order chi connectivity index (χ0) is 26.2. The molecule has 196 valence electrons. The van der Waals surface area contributed by atoms with Gasteiger partial charge in [0, 0.05) is 50.9 Å². The van der Waals surface area contributed by atoms with Crippen LogP contribution in [0.5, 0.6) is 0 Å². The number of nitrogens with zero attached hydrogens (tertiary/aromatic N) is 4. The molecule has 37 heavy (non-hydrogen) atoms. The van der Waals surface area contributed by atoms with Gasteiger partial charge in [-0.15, -0.1) is 11.3 Å². The molecular formula is C27H32ClN5O3S. The van der Waals surface area contributed by atoms with Gasteiger partial charge >= 0.3 is 6.03 Å². The molecule has 1 fully saturated rings. The van der Waals surface area contributed by atoms with Gasteiger partial charge < -0.3 is 24.8 Å². The molecule has 1 aliphatic rings. The summed E-state index contributed by atoms with van der Waals surface area (Å²) in [5, 5.41) is 6.20. The van der Waals surface area contributed by atoms with E-state index in [4.69, 9.17) is 16.3 Å². The number of benzene rings is 2. The fraction of sp³-hybridized carbons (Fsp3) is 0.370. The summed E-state index contributed by atoms with van der Waals surface area (Å²) in [5.41, 5.74) is 3.26. The largest absolute Gasteiger partial charge is 0.383 e. The van der Waals surface area contributed by atoms with E-state index in [-0.39, 0.29) is 11.9 Å². The highest BCUT2D eigenvalue weighted by Gasteiger charge is 2.25. The number of piperazine rings is 1. The number of anilines is 2. The van der Waals surface area contributed by atoms with Crippen LogP contribution in [0, 0.1) is 0 Å². The quantitative estimate of drug-likeness (QED) is 0.412. The van der Waals surface area contributed by atoms with Gasteiger partial charge in [0.05, 0.1) is 23.9 Å². The molecule has 0 atom stereocenters. The standard InChI is InChI=1S/C27H32ClN5O3S/c1-3-20-8-4-6-10-22(20)30-27(35)33(16-17-36-2)18-25-29-23(19-37-25)26(34)32-14-12-31(13-15-32)24-11-7-5-9-21(24)28/h4-11,19H,3,12-18H2,1-2H3,(H,30,35). The number of aromatic nitrogens is 1. The van der Waals surface area contributed by atoms with Gasteiger partial charge in [-0.25, -0.2) is 9.78 Å². The maximum atomic E-state index is 13.1. The predicted molar refractivity (Wildman–Crippen MR) is 149 cm³/mol. The highest BCUT2D eigenvalue weighted by Crippen LogP contribution is 2.26. The molecule has 1 aliphatic heterocycles. The Hall–Kier alpha value is -3.14. The van der Waals surface area contributed by atoms with Crippen molar-refractivity contribution in [2.45, 2.75) is 19.9 Å². The van der Waals surface area contributed by atoms with Crippen molar-refractivity contribution in [2.24, 2.45) is 0 Å². The summed E-state index contributed by atoms with van der Waals surface area (Å²) in [7, 11) is 1.61. The molecule has 2 aromatic carbocycles. The second-order valence-corrected chi connectivity index (χ2v) is 10.1. The van der Waals surface area contributed by atoms with Crippen molar-refractivity contribution in [2.75, 3.05) is 56.7 Å². The van der Waals surface area contributed by atoms with Crippen molar-refractivity contribution >= 4 is 46.3 Å². The number of para-hydroxylation sites is 2. The van der Waals surface area contributed by atoms with E-state index in [1.165, 1.54) is 11.3 Å². The van der Waals surface area contributed by atoms with Crippen LogP contribution in [0.4, 0.5) is 16.2 Å². The first-order valence-corrected chi connectivity index (χ1v) is 13.6. The van der Waals surface area contributed by atoms with Crippen LogP contribution < -0.4 is 10.2 Å². The summed E-state index contributed by atoms with van der Waals surface area (Å²) in [6.45, 7) is 5.75. The molecule has 1 N–H and O–H groups in total. The number of ether oxygens (including phenoxy) is 1. The number of hydrogen-bond acceptors (Lipinski definition) is 6. The number of rotatable bonds is 9. The highest BCUT2D eigenvalue weighted by molar-refractivity contribution is 7.09. The average Bonchev–Trinajstić information content (AvgIpc) is 3.40. The Kier molecular flexibility index (Phi) is 9.38. The van der Waals surface area contributed by atoms with Crippen LogP contribution in [0.25, 0.3) is 0 Å². The number of thiazole rings is 1. The highest BCUT2D eigenvalue weighted by atomic mass is 35.5. The van der Waals surface area contributed by atoms with Crippen molar-refractivity contribution in [3.8, 4) is 0 Å². The SMILES string of the molecule is CCc1ccccc1NC(=O)N(CCOC)Cc1nc(C(=O)N2CCN(c3ccccc3Cl)CC2)cs1. The first kappa shape index (κ1) is 26.9. The molecule has 0 saturated carbocycles. The minimum absolute atomic E-state index is 0.0916. The zero-order valence-corrected chi connectivity index (χ0v) is 22.7. The van der Waals surface area contributed by atoms with E-state index in [1.54, 1.807) is 17.4 Å². The Labute approximate surface area is 226 Å². The number of urea groups is 1. The van der Waals surface area contributed by atoms with Crippen molar-refractivity contribution in [3.63, 3.8) is 0 Å². The molecule has 1 saturated heterocycles. The molecule has 0 aliphatic carbocycles. The van der Waals surface area contributed by atoms with Crippen molar-refractivity contribution in [1.29, 1.82) is 0 Å². The Bertz CT molecular complexity index is 1210. The van der Waals surface area contributed by atoms with E-state index in [9.17, 15) is 9.59 Å². The lowest BCUT2D eigenvalue weighted by Gasteiger charge is -2.36. The summed E-state index contributed by atoms with van der Waals surface area (Å²) < 4.78 is 5.21. The van der Waals surface area contributed by atoms with Gasteiger partial charge in [-0.1, -0.05) is 48.9 Å². The predicted octanol–water partition coefficient (Wildman–Crippen LogP) is 5.00. The molecule has 2 heterocycles. The Morgan fingerprint density at radius 1 is 1.11 bits per heavy atom. The molecule has 8 nitrogen and oxygen atoms in total. The number of hydrogen-bond donors (Lipinski definition) is 1. The van der Waals surface area contributed by atoms with Crippen LogP contribution in [0.1, 0.15) is 28.0 Å². The second-order valence-electron chi connectivity index (χ2n) is 8.71. The van der Waals surface area contributed by atoms with Crippen molar-refractivity contribution in [3.05, 3.63) is 75.2 Å². The van der Waals surface area contributed by atoms with Crippen LogP contribution in [-0.4, -0.2) is 73.2 Å². The molecule has 4 rings (SSSR count).